The van der Waals surface area contributed by atoms with Crippen LogP contribution < -0.4 is 10.2 Å². The van der Waals surface area contributed by atoms with Crippen LogP contribution >= 0.6 is 0 Å². The molecule has 2 heterocycles. The molecule has 0 radical (unpaired) electrons. The van der Waals surface area contributed by atoms with Gasteiger partial charge < -0.3 is 15.1 Å². The Kier molecular flexibility index (Phi) is 7.40. The maximum atomic E-state index is 13.6. The van der Waals surface area contributed by atoms with Gasteiger partial charge in [-0.1, -0.05) is 13.8 Å². The highest BCUT2D eigenvalue weighted by molar-refractivity contribution is 5.89. The summed E-state index contributed by atoms with van der Waals surface area (Å²) in [6.07, 6.45) is 9.13. The Morgan fingerprint density at radius 3 is 2.42 bits per heavy atom. The van der Waals surface area contributed by atoms with Crippen molar-refractivity contribution in [2.45, 2.75) is 77.5 Å². The number of H-pyrrole nitrogens is 1. The first kappa shape index (κ1) is 24.7. The van der Waals surface area contributed by atoms with Crippen molar-refractivity contribution >= 4 is 17.8 Å². The topological polar surface area (TPSA) is 119 Å². The maximum absolute atomic E-state index is 13.6. The van der Waals surface area contributed by atoms with E-state index in [4.69, 9.17) is 6.42 Å². The molecule has 1 unspecified atom stereocenters. The highest BCUT2D eigenvalue weighted by Gasteiger charge is 2.57. The first-order chi connectivity index (χ1) is 15.7. The molecule has 180 valence electrons. The third kappa shape index (κ3) is 5.52. The molecule has 2 amide bonds. The lowest BCUT2D eigenvalue weighted by Crippen LogP contribution is -2.55. The molecule has 33 heavy (non-hydrogen) atoms. The molecular weight excluding hydrogens is 420 g/mol. The predicted molar refractivity (Wildman–Crippen MR) is 125 cm³/mol. The second kappa shape index (κ2) is 9.89. The molecule has 1 fully saturated rings. The summed E-state index contributed by atoms with van der Waals surface area (Å²) in [5, 5.41) is 18.4. The van der Waals surface area contributed by atoms with E-state index < -0.39 is 11.7 Å². The molecule has 2 aliphatic rings. The fourth-order valence-electron chi connectivity index (χ4n) is 4.45. The van der Waals surface area contributed by atoms with E-state index in [9.17, 15) is 9.59 Å². The number of anilines is 1. The molecule has 0 saturated heterocycles. The number of hydrogen-bond acceptors (Lipinski definition) is 7. The number of terminal acetylenes is 1. The van der Waals surface area contributed by atoms with Crippen molar-refractivity contribution in [2.75, 3.05) is 25.5 Å². The molecule has 1 aromatic rings. The average Bonchev–Trinajstić information content (AvgIpc) is 3.68. The molecule has 2 N–H and O–H groups in total. The monoisotopic (exact) mass is 456 g/mol. The summed E-state index contributed by atoms with van der Waals surface area (Å²) in [5.41, 5.74) is -0.788. The normalized spacial score (nSPS) is 17.8. The van der Waals surface area contributed by atoms with Gasteiger partial charge in [0.25, 0.3) is 0 Å². The molecular formula is C23H36N8O2. The minimum atomic E-state index is -0.576. The molecule has 1 aliphatic heterocycles. The summed E-state index contributed by atoms with van der Waals surface area (Å²) in [6.45, 7) is 6.82. The van der Waals surface area contributed by atoms with Crippen LogP contribution in [0.2, 0.25) is 0 Å². The Balaban J connectivity index is 1.86. The van der Waals surface area contributed by atoms with Gasteiger partial charge in [0.05, 0.1) is 6.54 Å². The third-order valence-corrected chi connectivity index (χ3v) is 6.78. The Hall–Kier alpha value is -2.96. The lowest BCUT2D eigenvalue weighted by molar-refractivity contribution is -0.145. The molecule has 1 saturated carbocycles. The summed E-state index contributed by atoms with van der Waals surface area (Å²) in [4.78, 5) is 34.9. The van der Waals surface area contributed by atoms with E-state index in [1.165, 1.54) is 0 Å². The van der Waals surface area contributed by atoms with Crippen LogP contribution in [0.1, 0.15) is 65.1 Å². The molecule has 1 aromatic heterocycles. The molecule has 0 aromatic carbocycles. The Bertz CT molecular complexity index is 919. The minimum absolute atomic E-state index is 0.113. The van der Waals surface area contributed by atoms with Crippen molar-refractivity contribution in [3.05, 3.63) is 5.82 Å². The van der Waals surface area contributed by atoms with Gasteiger partial charge in [0.1, 0.15) is 11.9 Å². The SMILES string of the molecule is C#CCCC1(CCC(=O)N(Cc2nc(N(C)C)n[nH]2)C(C(=O)NCC)C2(C(C)C)CC2)N=N1. The van der Waals surface area contributed by atoms with Crippen LogP contribution in [0.5, 0.6) is 0 Å². The molecule has 0 spiro atoms. The highest BCUT2D eigenvalue weighted by Crippen LogP contribution is 2.56. The maximum Gasteiger partial charge on any atom is 0.244 e. The number of amides is 2. The van der Waals surface area contributed by atoms with E-state index in [1.54, 1.807) is 9.80 Å². The number of hydrogen-bond donors (Lipinski definition) is 2. The van der Waals surface area contributed by atoms with E-state index >= 15 is 0 Å². The number of carbonyl (C=O) groups is 2. The minimum Gasteiger partial charge on any atom is -0.355 e. The van der Waals surface area contributed by atoms with Gasteiger partial charge in [0.15, 0.2) is 5.66 Å². The third-order valence-electron chi connectivity index (χ3n) is 6.78. The van der Waals surface area contributed by atoms with Crippen LogP contribution in [-0.2, 0) is 16.1 Å². The number of rotatable bonds is 13. The number of carbonyl (C=O) groups excluding carboxylic acids is 2. The summed E-state index contributed by atoms with van der Waals surface area (Å²) in [6, 6.07) is -0.576. The Morgan fingerprint density at radius 1 is 1.24 bits per heavy atom. The van der Waals surface area contributed by atoms with Crippen LogP contribution in [0.25, 0.3) is 0 Å². The molecule has 1 aliphatic carbocycles. The highest BCUT2D eigenvalue weighted by atomic mass is 16.2. The summed E-state index contributed by atoms with van der Waals surface area (Å²) < 4.78 is 0. The van der Waals surface area contributed by atoms with Gasteiger partial charge in [0.2, 0.25) is 17.8 Å². The lowest BCUT2D eigenvalue weighted by Gasteiger charge is -2.38. The number of nitrogens with zero attached hydrogens (tertiary/aromatic N) is 6. The van der Waals surface area contributed by atoms with Crippen LogP contribution in [0.4, 0.5) is 5.95 Å². The van der Waals surface area contributed by atoms with Gasteiger partial charge in [0, 0.05) is 51.7 Å². The predicted octanol–water partition coefficient (Wildman–Crippen LogP) is 2.50. The summed E-state index contributed by atoms with van der Waals surface area (Å²) in [7, 11) is 3.70. The van der Waals surface area contributed by atoms with E-state index in [2.05, 4.69) is 50.5 Å². The zero-order valence-electron chi connectivity index (χ0n) is 20.4. The van der Waals surface area contributed by atoms with E-state index in [-0.39, 0.29) is 36.1 Å². The quantitative estimate of drug-likeness (QED) is 0.442. The first-order valence-corrected chi connectivity index (χ1v) is 11.7. The summed E-state index contributed by atoms with van der Waals surface area (Å²) >= 11 is 0. The van der Waals surface area contributed by atoms with Crippen molar-refractivity contribution in [3.8, 4) is 12.3 Å². The van der Waals surface area contributed by atoms with Gasteiger partial charge in [-0.25, -0.2) is 0 Å². The average molecular weight is 457 g/mol. The van der Waals surface area contributed by atoms with Crippen molar-refractivity contribution in [1.82, 2.24) is 25.4 Å². The fraction of sp³-hybridized carbons (Fsp3) is 0.739. The van der Waals surface area contributed by atoms with Crippen LogP contribution in [0, 0.1) is 23.7 Å². The van der Waals surface area contributed by atoms with Crippen molar-refractivity contribution in [1.29, 1.82) is 0 Å². The van der Waals surface area contributed by atoms with Gasteiger partial charge in [-0.05, 0) is 25.7 Å². The van der Waals surface area contributed by atoms with Gasteiger partial charge in [-0.3, -0.25) is 14.7 Å². The van der Waals surface area contributed by atoms with E-state index in [0.29, 0.717) is 37.6 Å². The molecule has 3 rings (SSSR count). The van der Waals surface area contributed by atoms with Gasteiger partial charge in [-0.2, -0.15) is 15.2 Å². The molecule has 10 nitrogen and oxygen atoms in total. The standard InChI is InChI=1S/C23H36N8O2/c1-7-9-11-23(28-29-23)12-10-18(32)31(15-17-25-21(27-26-17)30(5)6)19(20(33)24-8-2)22(13-14-22)16(3)4/h1,16,19H,8-15H2,2-6H3,(H,24,33)(H,25,26,27). The van der Waals surface area contributed by atoms with E-state index in [0.717, 1.165) is 12.8 Å². The molecule has 1 atom stereocenters. The lowest BCUT2D eigenvalue weighted by atomic mass is 9.82. The van der Waals surface area contributed by atoms with E-state index in [1.807, 2.05) is 21.0 Å². The van der Waals surface area contributed by atoms with Crippen LogP contribution in [0.15, 0.2) is 10.2 Å². The molecule has 10 heteroatoms. The molecule has 0 bridgehead atoms. The fourth-order valence-corrected chi connectivity index (χ4v) is 4.45. The second-order valence-corrected chi connectivity index (χ2v) is 9.57. The van der Waals surface area contributed by atoms with Crippen LogP contribution in [0.3, 0.4) is 0 Å². The van der Waals surface area contributed by atoms with Crippen molar-refractivity contribution in [3.63, 3.8) is 0 Å². The van der Waals surface area contributed by atoms with Gasteiger partial charge >= 0.3 is 0 Å². The van der Waals surface area contributed by atoms with Crippen molar-refractivity contribution < 1.29 is 9.59 Å². The van der Waals surface area contributed by atoms with Crippen molar-refractivity contribution in [2.24, 2.45) is 21.6 Å². The Morgan fingerprint density at radius 2 is 1.94 bits per heavy atom. The number of aromatic amines is 1. The second-order valence-electron chi connectivity index (χ2n) is 9.57. The zero-order chi connectivity index (χ0) is 24.2. The first-order valence-electron chi connectivity index (χ1n) is 11.7. The number of likely N-dealkylation sites (N-methyl/N-ethyl adjacent to an activating group) is 1. The van der Waals surface area contributed by atoms with Gasteiger partial charge in [-0.15, -0.1) is 17.4 Å². The van der Waals surface area contributed by atoms with Crippen LogP contribution in [-0.4, -0.2) is 64.2 Å². The number of nitrogens with one attached hydrogen (secondary N) is 2. The zero-order valence-corrected chi connectivity index (χ0v) is 20.4. The number of aromatic nitrogens is 3. The Labute approximate surface area is 196 Å². The summed E-state index contributed by atoms with van der Waals surface area (Å²) in [5.74, 6) is 3.71. The smallest absolute Gasteiger partial charge is 0.244 e. The largest absolute Gasteiger partial charge is 0.355 e.